The van der Waals surface area contributed by atoms with Gasteiger partial charge in [0.15, 0.2) is 0 Å². The summed E-state index contributed by atoms with van der Waals surface area (Å²) in [5, 5.41) is 10.7. The third kappa shape index (κ3) is 4.27. The number of hydrogen-bond donors (Lipinski definition) is 0. The molecule has 0 amide bonds. The summed E-state index contributed by atoms with van der Waals surface area (Å²) in [7, 11) is 0. The second-order valence-corrected chi connectivity index (χ2v) is 5.19. The van der Waals surface area contributed by atoms with Gasteiger partial charge in [0.1, 0.15) is 11.2 Å². The lowest BCUT2D eigenvalue weighted by Crippen LogP contribution is -2.04. The summed E-state index contributed by atoms with van der Waals surface area (Å²) in [6.07, 6.45) is 2.10. The topological polar surface area (TPSA) is 33.0 Å². The highest BCUT2D eigenvalue weighted by molar-refractivity contribution is 8.03. The van der Waals surface area contributed by atoms with Gasteiger partial charge in [0.25, 0.3) is 0 Å². The van der Waals surface area contributed by atoms with Crippen LogP contribution in [0.4, 0.5) is 0 Å². The van der Waals surface area contributed by atoms with Crippen LogP contribution in [-0.4, -0.2) is 12.4 Å². The SMILES string of the molecule is CCOc1ccc(C)cc1C(CC)CCSC#N. The Kier molecular flexibility index (Phi) is 6.67. The van der Waals surface area contributed by atoms with Gasteiger partial charge in [0.2, 0.25) is 0 Å². The third-order valence-corrected chi connectivity index (χ3v) is 3.60. The van der Waals surface area contributed by atoms with E-state index in [9.17, 15) is 0 Å². The van der Waals surface area contributed by atoms with E-state index in [1.165, 1.54) is 22.9 Å². The molecule has 1 unspecified atom stereocenters. The highest BCUT2D eigenvalue weighted by Crippen LogP contribution is 2.33. The van der Waals surface area contributed by atoms with E-state index >= 15 is 0 Å². The first kappa shape index (κ1) is 14.9. The minimum Gasteiger partial charge on any atom is -0.494 e. The van der Waals surface area contributed by atoms with Crippen molar-refractivity contribution >= 4 is 11.8 Å². The number of benzene rings is 1. The van der Waals surface area contributed by atoms with Crippen LogP contribution in [0, 0.1) is 17.6 Å². The summed E-state index contributed by atoms with van der Waals surface area (Å²) in [4.78, 5) is 0. The van der Waals surface area contributed by atoms with Crippen LogP contribution in [0.25, 0.3) is 0 Å². The van der Waals surface area contributed by atoms with Gasteiger partial charge in [-0.25, -0.2) is 0 Å². The van der Waals surface area contributed by atoms with Gasteiger partial charge < -0.3 is 4.74 Å². The molecule has 1 rings (SSSR count). The van der Waals surface area contributed by atoms with Crippen molar-refractivity contribution in [2.24, 2.45) is 0 Å². The van der Waals surface area contributed by atoms with Gasteiger partial charge in [-0.2, -0.15) is 5.26 Å². The van der Waals surface area contributed by atoms with Crippen LogP contribution in [0.1, 0.15) is 43.7 Å². The molecule has 18 heavy (non-hydrogen) atoms. The molecule has 0 aliphatic carbocycles. The fraction of sp³-hybridized carbons (Fsp3) is 0.533. The molecule has 1 aromatic carbocycles. The zero-order chi connectivity index (χ0) is 13.4. The lowest BCUT2D eigenvalue weighted by atomic mass is 9.92. The van der Waals surface area contributed by atoms with E-state index in [1.807, 2.05) is 6.92 Å². The van der Waals surface area contributed by atoms with E-state index in [0.717, 1.165) is 24.3 Å². The van der Waals surface area contributed by atoms with Crippen molar-refractivity contribution < 1.29 is 4.74 Å². The number of hydrogen-bond acceptors (Lipinski definition) is 3. The molecule has 0 aliphatic heterocycles. The number of ether oxygens (including phenoxy) is 1. The number of aryl methyl sites for hydroxylation is 1. The largest absolute Gasteiger partial charge is 0.494 e. The smallest absolute Gasteiger partial charge is 0.133 e. The zero-order valence-electron chi connectivity index (χ0n) is 11.4. The molecule has 2 nitrogen and oxygen atoms in total. The summed E-state index contributed by atoms with van der Waals surface area (Å²) in [6, 6.07) is 6.37. The normalized spacial score (nSPS) is 11.9. The van der Waals surface area contributed by atoms with Gasteiger partial charge in [0, 0.05) is 5.75 Å². The van der Waals surface area contributed by atoms with Gasteiger partial charge in [-0.15, -0.1) is 0 Å². The van der Waals surface area contributed by atoms with Crippen LogP contribution >= 0.6 is 11.8 Å². The van der Waals surface area contributed by atoms with E-state index < -0.39 is 0 Å². The highest BCUT2D eigenvalue weighted by Gasteiger charge is 2.14. The maximum Gasteiger partial charge on any atom is 0.133 e. The number of nitriles is 1. The first-order valence-electron chi connectivity index (χ1n) is 6.47. The minimum atomic E-state index is 0.479. The van der Waals surface area contributed by atoms with Crippen molar-refractivity contribution in [3.63, 3.8) is 0 Å². The Morgan fingerprint density at radius 1 is 1.39 bits per heavy atom. The first-order valence-corrected chi connectivity index (χ1v) is 7.45. The highest BCUT2D eigenvalue weighted by atomic mass is 32.2. The van der Waals surface area contributed by atoms with Crippen LogP contribution in [0.3, 0.4) is 0 Å². The van der Waals surface area contributed by atoms with Crippen LogP contribution in [0.5, 0.6) is 5.75 Å². The monoisotopic (exact) mass is 263 g/mol. The van der Waals surface area contributed by atoms with Gasteiger partial charge in [-0.05, 0) is 56.0 Å². The van der Waals surface area contributed by atoms with Gasteiger partial charge in [-0.1, -0.05) is 24.6 Å². The summed E-state index contributed by atoms with van der Waals surface area (Å²) in [5.74, 6) is 2.36. The second kappa shape index (κ2) is 8.05. The molecule has 0 spiro atoms. The molecule has 0 bridgehead atoms. The maximum absolute atomic E-state index is 8.59. The average Bonchev–Trinajstić information content (AvgIpc) is 2.37. The molecule has 98 valence electrons. The van der Waals surface area contributed by atoms with Crippen molar-refractivity contribution in [1.82, 2.24) is 0 Å². The Morgan fingerprint density at radius 2 is 2.17 bits per heavy atom. The van der Waals surface area contributed by atoms with Crippen LogP contribution in [0.15, 0.2) is 18.2 Å². The molecule has 0 saturated heterocycles. The minimum absolute atomic E-state index is 0.479. The summed E-state index contributed by atoms with van der Waals surface area (Å²) in [5.41, 5.74) is 2.55. The van der Waals surface area contributed by atoms with Crippen LogP contribution in [-0.2, 0) is 0 Å². The Bertz CT molecular complexity index is 411. The maximum atomic E-state index is 8.59. The van der Waals surface area contributed by atoms with E-state index in [-0.39, 0.29) is 0 Å². The molecule has 0 saturated carbocycles. The molecule has 0 fully saturated rings. The lowest BCUT2D eigenvalue weighted by molar-refractivity contribution is 0.333. The van der Waals surface area contributed by atoms with Crippen molar-refractivity contribution in [2.45, 2.75) is 39.5 Å². The van der Waals surface area contributed by atoms with Crippen molar-refractivity contribution in [3.05, 3.63) is 29.3 Å². The van der Waals surface area contributed by atoms with Crippen molar-refractivity contribution in [2.75, 3.05) is 12.4 Å². The average molecular weight is 263 g/mol. The molecule has 1 aromatic rings. The Hall–Kier alpha value is -1.14. The predicted molar refractivity (Wildman–Crippen MR) is 78.1 cm³/mol. The van der Waals surface area contributed by atoms with E-state index in [2.05, 4.69) is 37.4 Å². The molecule has 0 N–H and O–H groups in total. The molecule has 3 heteroatoms. The number of nitrogens with zero attached hydrogens (tertiary/aromatic N) is 1. The fourth-order valence-electron chi connectivity index (χ4n) is 2.10. The van der Waals surface area contributed by atoms with Crippen LogP contribution < -0.4 is 4.74 Å². The van der Waals surface area contributed by atoms with E-state index in [1.54, 1.807) is 0 Å². The van der Waals surface area contributed by atoms with Gasteiger partial charge in [-0.3, -0.25) is 0 Å². The van der Waals surface area contributed by atoms with Crippen LogP contribution in [0.2, 0.25) is 0 Å². The van der Waals surface area contributed by atoms with Crippen molar-refractivity contribution in [1.29, 1.82) is 5.26 Å². The quantitative estimate of drug-likeness (QED) is 0.536. The molecular weight excluding hydrogens is 242 g/mol. The Balaban J connectivity index is 2.88. The first-order chi connectivity index (χ1) is 8.72. The summed E-state index contributed by atoms with van der Waals surface area (Å²) >= 11 is 1.33. The molecule has 1 atom stereocenters. The van der Waals surface area contributed by atoms with E-state index in [4.69, 9.17) is 10.00 Å². The summed E-state index contributed by atoms with van der Waals surface area (Å²) in [6.45, 7) is 7.01. The lowest BCUT2D eigenvalue weighted by Gasteiger charge is -2.19. The Morgan fingerprint density at radius 3 is 2.78 bits per heavy atom. The standard InChI is InChI=1S/C15H21NOS/c1-4-13(8-9-18-11-16)14-10-12(3)6-7-15(14)17-5-2/h6-7,10,13H,4-5,8-9H2,1-3H3. The van der Waals surface area contributed by atoms with E-state index in [0.29, 0.717) is 12.5 Å². The molecule has 0 radical (unpaired) electrons. The van der Waals surface area contributed by atoms with Gasteiger partial charge in [0.05, 0.1) is 6.61 Å². The number of rotatable bonds is 7. The fourth-order valence-corrected chi connectivity index (χ4v) is 2.59. The van der Waals surface area contributed by atoms with Gasteiger partial charge >= 0.3 is 0 Å². The number of thiocyanates is 1. The predicted octanol–water partition coefficient (Wildman–Crippen LogP) is 4.49. The number of thioether (sulfide) groups is 1. The van der Waals surface area contributed by atoms with Crippen molar-refractivity contribution in [3.8, 4) is 11.2 Å². The zero-order valence-corrected chi connectivity index (χ0v) is 12.2. The molecule has 0 aliphatic rings. The second-order valence-electron chi connectivity index (χ2n) is 4.31. The molecular formula is C15H21NOS. The molecule has 0 aromatic heterocycles. The Labute approximate surface area is 114 Å². The molecule has 0 heterocycles. The summed E-state index contributed by atoms with van der Waals surface area (Å²) < 4.78 is 5.71. The third-order valence-electron chi connectivity index (χ3n) is 3.03.